The fraction of sp³-hybridized carbons (Fsp3) is 1.00. The monoisotopic (exact) mass is 887 g/mol. The Morgan fingerprint density at radius 1 is 0.180 bits per heavy atom. The van der Waals surface area contributed by atoms with Crippen LogP contribution in [-0.2, 0) is 66.3 Å². The van der Waals surface area contributed by atoms with Crippen LogP contribution in [0.1, 0.15) is 110 Å². The van der Waals surface area contributed by atoms with Crippen LogP contribution < -0.4 is 0 Å². The number of hydrogen-bond donors (Lipinski definition) is 1. The van der Waals surface area contributed by atoms with Gasteiger partial charge in [0.25, 0.3) is 0 Å². The largest absolute Gasteiger partial charge is 0.394 e. The molecule has 0 aromatic heterocycles. The van der Waals surface area contributed by atoms with Gasteiger partial charge in [0, 0.05) is 6.61 Å². The highest BCUT2D eigenvalue weighted by Gasteiger charge is 1.99. The van der Waals surface area contributed by atoms with Crippen molar-refractivity contribution in [3.8, 4) is 0 Å². The summed E-state index contributed by atoms with van der Waals surface area (Å²) in [5.74, 6) is 0. The first-order valence-electron chi connectivity index (χ1n) is 24.1. The molecule has 0 radical (unpaired) electrons. The van der Waals surface area contributed by atoms with Crippen molar-refractivity contribution in [3.63, 3.8) is 0 Å². The number of hydrogen-bond acceptors (Lipinski definition) is 15. The molecule has 0 unspecified atom stereocenters. The number of ether oxygens (including phenoxy) is 14. The molecule has 0 bridgehead atoms. The standard InChI is InChI=1S/C46H94O15/c1-2-3-4-5-6-7-8-9-10-11-12-13-14-15-16-17-19-48-21-23-50-25-27-52-29-31-54-33-35-56-37-39-58-41-43-60-45-46-61-44-42-59-40-38-57-36-34-55-32-30-53-28-26-51-24-22-49-20-18-47/h47H,2-46H2,1H3. The lowest BCUT2D eigenvalue weighted by Gasteiger charge is -2.09. The zero-order chi connectivity index (χ0) is 43.7. The number of aliphatic hydroxyl groups is 1. The van der Waals surface area contributed by atoms with Gasteiger partial charge in [-0.2, -0.15) is 0 Å². The minimum atomic E-state index is 0.0246. The van der Waals surface area contributed by atoms with Gasteiger partial charge in [-0.3, -0.25) is 0 Å². The molecule has 0 amide bonds. The quantitative estimate of drug-likeness (QED) is 0.0665. The van der Waals surface area contributed by atoms with Gasteiger partial charge < -0.3 is 71.4 Å². The van der Waals surface area contributed by atoms with Crippen LogP contribution in [0.3, 0.4) is 0 Å². The van der Waals surface area contributed by atoms with Gasteiger partial charge in [0.2, 0.25) is 0 Å². The van der Waals surface area contributed by atoms with Crippen molar-refractivity contribution in [2.24, 2.45) is 0 Å². The second-order valence-corrected chi connectivity index (χ2v) is 14.6. The summed E-state index contributed by atoms with van der Waals surface area (Å²) in [5, 5.41) is 8.60. The molecule has 0 atom stereocenters. The molecule has 1 N–H and O–H groups in total. The van der Waals surface area contributed by atoms with E-state index in [4.69, 9.17) is 71.4 Å². The Morgan fingerprint density at radius 2 is 0.328 bits per heavy atom. The minimum absolute atomic E-state index is 0.0246. The van der Waals surface area contributed by atoms with Crippen molar-refractivity contribution >= 4 is 0 Å². The average Bonchev–Trinajstić information content (AvgIpc) is 3.27. The first-order chi connectivity index (χ1) is 30.4. The first kappa shape index (κ1) is 60.4. The summed E-state index contributed by atoms with van der Waals surface area (Å²) in [6.45, 7) is 17.0. The lowest BCUT2D eigenvalue weighted by molar-refractivity contribution is -0.0297. The lowest BCUT2D eigenvalue weighted by atomic mass is 10.0. The molecule has 0 aliphatic carbocycles. The summed E-state index contributed by atoms with van der Waals surface area (Å²) in [4.78, 5) is 0. The molecule has 0 rings (SSSR count). The molecular weight excluding hydrogens is 792 g/mol. The zero-order valence-electron chi connectivity index (χ0n) is 39.0. The molecule has 368 valence electrons. The Hall–Kier alpha value is -0.600. The average molecular weight is 887 g/mol. The third-order valence-corrected chi connectivity index (χ3v) is 9.21. The number of aliphatic hydroxyl groups excluding tert-OH is 1. The van der Waals surface area contributed by atoms with Crippen molar-refractivity contribution in [2.75, 3.05) is 192 Å². The van der Waals surface area contributed by atoms with E-state index in [9.17, 15) is 0 Å². The van der Waals surface area contributed by atoms with E-state index in [0.717, 1.165) is 13.0 Å². The van der Waals surface area contributed by atoms with E-state index in [0.29, 0.717) is 178 Å². The van der Waals surface area contributed by atoms with Crippen LogP contribution in [0.25, 0.3) is 0 Å². The van der Waals surface area contributed by atoms with Crippen LogP contribution in [0.2, 0.25) is 0 Å². The molecule has 0 aliphatic rings. The Morgan fingerprint density at radius 3 is 0.508 bits per heavy atom. The van der Waals surface area contributed by atoms with Crippen molar-refractivity contribution in [1.82, 2.24) is 0 Å². The summed E-state index contributed by atoms with van der Waals surface area (Å²) in [5.41, 5.74) is 0. The maximum atomic E-state index is 8.60. The van der Waals surface area contributed by atoms with Crippen LogP contribution >= 0.6 is 0 Å². The molecule has 0 heterocycles. The molecule has 0 saturated carbocycles. The predicted octanol–water partition coefficient (Wildman–Crippen LogP) is 6.47. The van der Waals surface area contributed by atoms with Gasteiger partial charge in [0.1, 0.15) is 0 Å². The number of unbranched alkanes of at least 4 members (excludes halogenated alkanes) is 15. The van der Waals surface area contributed by atoms with Gasteiger partial charge in [0.15, 0.2) is 0 Å². The highest BCUT2D eigenvalue weighted by Crippen LogP contribution is 2.13. The highest BCUT2D eigenvalue weighted by molar-refractivity contribution is 4.50. The Bertz CT molecular complexity index is 685. The molecule has 0 saturated heterocycles. The van der Waals surface area contributed by atoms with Crippen LogP contribution in [0.4, 0.5) is 0 Å². The summed E-state index contributed by atoms with van der Waals surface area (Å²) in [6, 6.07) is 0. The van der Waals surface area contributed by atoms with E-state index < -0.39 is 0 Å². The molecule has 15 nitrogen and oxygen atoms in total. The summed E-state index contributed by atoms with van der Waals surface area (Å²) in [7, 11) is 0. The lowest BCUT2D eigenvalue weighted by Crippen LogP contribution is -2.15. The zero-order valence-corrected chi connectivity index (χ0v) is 39.0. The van der Waals surface area contributed by atoms with Crippen molar-refractivity contribution < 1.29 is 71.4 Å². The van der Waals surface area contributed by atoms with Crippen LogP contribution in [0.5, 0.6) is 0 Å². The fourth-order valence-corrected chi connectivity index (χ4v) is 5.78. The third kappa shape index (κ3) is 59.4. The van der Waals surface area contributed by atoms with E-state index in [2.05, 4.69) is 6.92 Å². The second kappa shape index (κ2) is 59.4. The third-order valence-electron chi connectivity index (χ3n) is 9.21. The van der Waals surface area contributed by atoms with Gasteiger partial charge in [-0.15, -0.1) is 0 Å². The second-order valence-electron chi connectivity index (χ2n) is 14.6. The van der Waals surface area contributed by atoms with Crippen molar-refractivity contribution in [3.05, 3.63) is 0 Å². The van der Waals surface area contributed by atoms with E-state index in [1.54, 1.807) is 0 Å². The predicted molar refractivity (Wildman–Crippen MR) is 238 cm³/mol. The molecule has 61 heavy (non-hydrogen) atoms. The fourth-order valence-electron chi connectivity index (χ4n) is 5.78. The molecular formula is C46H94O15. The highest BCUT2D eigenvalue weighted by atomic mass is 16.6. The van der Waals surface area contributed by atoms with E-state index in [1.165, 1.54) is 96.3 Å². The topological polar surface area (TPSA) is 149 Å². The van der Waals surface area contributed by atoms with E-state index in [-0.39, 0.29) is 6.61 Å². The first-order valence-corrected chi connectivity index (χ1v) is 24.1. The SMILES string of the molecule is CCCCCCCCCCCCCCCCCCOCCOCCOCCOCCOCCOCCOCCOCCOCCOCCOCCOCCOCCOCCO. The van der Waals surface area contributed by atoms with Crippen LogP contribution in [-0.4, -0.2) is 197 Å². The molecule has 0 spiro atoms. The van der Waals surface area contributed by atoms with E-state index in [1.807, 2.05) is 0 Å². The minimum Gasteiger partial charge on any atom is -0.394 e. The van der Waals surface area contributed by atoms with Gasteiger partial charge >= 0.3 is 0 Å². The van der Waals surface area contributed by atoms with E-state index >= 15 is 0 Å². The van der Waals surface area contributed by atoms with Crippen molar-refractivity contribution in [1.29, 1.82) is 0 Å². The maximum Gasteiger partial charge on any atom is 0.0701 e. The van der Waals surface area contributed by atoms with Crippen LogP contribution in [0.15, 0.2) is 0 Å². The molecule has 0 aromatic rings. The normalized spacial score (nSPS) is 11.7. The summed E-state index contributed by atoms with van der Waals surface area (Å²) >= 11 is 0. The number of rotatable bonds is 58. The molecule has 0 fully saturated rings. The Kier molecular flexibility index (Phi) is 58.8. The maximum absolute atomic E-state index is 8.60. The smallest absolute Gasteiger partial charge is 0.0701 e. The van der Waals surface area contributed by atoms with Gasteiger partial charge in [-0.1, -0.05) is 103 Å². The molecule has 0 aromatic carbocycles. The Balaban J connectivity index is 3.06. The summed E-state index contributed by atoms with van der Waals surface area (Å²) in [6.07, 6.45) is 22.2. The summed E-state index contributed by atoms with van der Waals surface area (Å²) < 4.78 is 76.7. The van der Waals surface area contributed by atoms with Gasteiger partial charge in [0.05, 0.1) is 185 Å². The molecule has 15 heteroatoms. The molecule has 0 aliphatic heterocycles. The Labute approximate surface area is 372 Å². The van der Waals surface area contributed by atoms with Gasteiger partial charge in [-0.05, 0) is 6.42 Å². The van der Waals surface area contributed by atoms with Gasteiger partial charge in [-0.25, -0.2) is 0 Å². The van der Waals surface area contributed by atoms with Crippen molar-refractivity contribution in [2.45, 2.75) is 110 Å². The van der Waals surface area contributed by atoms with Crippen LogP contribution in [0, 0.1) is 0 Å².